The van der Waals surface area contributed by atoms with Gasteiger partial charge in [-0.05, 0) is 30.2 Å². The molecule has 1 N–H and O–H groups in total. The average Bonchev–Trinajstić information content (AvgIpc) is 2.67. The molecule has 0 aromatic heterocycles. The van der Waals surface area contributed by atoms with Gasteiger partial charge in [0.25, 0.3) is 0 Å². The molecule has 0 amide bonds. The monoisotopic (exact) mass is 354 g/mol. The summed E-state index contributed by atoms with van der Waals surface area (Å²) in [6, 6.07) is 8.86. The molecular formula is C21H22O5. The minimum atomic E-state index is -0.372. The number of hydrogen-bond acceptors (Lipinski definition) is 5. The van der Waals surface area contributed by atoms with Gasteiger partial charge in [-0.25, -0.2) is 0 Å². The second-order valence-corrected chi connectivity index (χ2v) is 5.45. The van der Waals surface area contributed by atoms with Crippen LogP contribution in [0.15, 0.2) is 49.1 Å². The van der Waals surface area contributed by atoms with Gasteiger partial charge in [-0.15, -0.1) is 6.58 Å². The summed E-state index contributed by atoms with van der Waals surface area (Å²) in [7, 11) is 4.52. The first kappa shape index (κ1) is 19.1. The van der Waals surface area contributed by atoms with Crippen LogP contribution >= 0.6 is 0 Å². The molecule has 0 aliphatic carbocycles. The summed E-state index contributed by atoms with van der Waals surface area (Å²) in [6.45, 7) is 3.67. The van der Waals surface area contributed by atoms with Gasteiger partial charge < -0.3 is 19.3 Å². The number of benzene rings is 2. The molecule has 0 aliphatic rings. The van der Waals surface area contributed by atoms with Crippen LogP contribution in [0.2, 0.25) is 0 Å². The van der Waals surface area contributed by atoms with Crippen molar-refractivity contribution in [2.24, 2.45) is 0 Å². The molecule has 0 saturated heterocycles. The molecule has 0 unspecified atom stereocenters. The molecule has 0 heterocycles. The van der Waals surface area contributed by atoms with E-state index in [0.717, 1.165) is 11.3 Å². The van der Waals surface area contributed by atoms with Crippen LogP contribution < -0.4 is 14.2 Å². The highest BCUT2D eigenvalue weighted by atomic mass is 16.5. The van der Waals surface area contributed by atoms with Gasteiger partial charge in [0, 0.05) is 11.6 Å². The summed E-state index contributed by atoms with van der Waals surface area (Å²) < 4.78 is 15.7. The summed E-state index contributed by atoms with van der Waals surface area (Å²) >= 11 is 0. The number of hydrogen-bond donors (Lipinski definition) is 1. The Hall–Kier alpha value is -3.21. The van der Waals surface area contributed by atoms with Gasteiger partial charge in [0.2, 0.25) is 0 Å². The summed E-state index contributed by atoms with van der Waals surface area (Å²) in [4.78, 5) is 12.7. The molecule has 5 nitrogen and oxygen atoms in total. The van der Waals surface area contributed by atoms with Crippen LogP contribution in [0, 0.1) is 0 Å². The van der Waals surface area contributed by atoms with Crippen LogP contribution in [0.3, 0.4) is 0 Å². The third-order valence-corrected chi connectivity index (χ3v) is 3.91. The zero-order valence-electron chi connectivity index (χ0n) is 15.1. The van der Waals surface area contributed by atoms with Crippen molar-refractivity contribution in [2.75, 3.05) is 21.3 Å². The second kappa shape index (κ2) is 8.76. The number of phenolic OH excluding ortho intramolecular Hbond substituents is 1. The molecule has 136 valence electrons. The smallest absolute Gasteiger partial charge is 0.193 e. The quantitative estimate of drug-likeness (QED) is 0.440. The minimum Gasteiger partial charge on any atom is -0.507 e. The predicted molar refractivity (Wildman–Crippen MR) is 101 cm³/mol. The zero-order chi connectivity index (χ0) is 19.1. The van der Waals surface area contributed by atoms with E-state index in [0.29, 0.717) is 17.7 Å². The van der Waals surface area contributed by atoms with E-state index in [4.69, 9.17) is 14.2 Å². The average molecular weight is 354 g/mol. The van der Waals surface area contributed by atoms with Gasteiger partial charge in [-0.2, -0.15) is 0 Å². The van der Waals surface area contributed by atoms with Gasteiger partial charge in [-0.1, -0.05) is 24.3 Å². The zero-order valence-corrected chi connectivity index (χ0v) is 15.1. The van der Waals surface area contributed by atoms with E-state index in [2.05, 4.69) is 6.58 Å². The molecule has 0 aliphatic heterocycles. The molecule has 0 spiro atoms. The van der Waals surface area contributed by atoms with E-state index in [-0.39, 0.29) is 22.8 Å². The predicted octanol–water partition coefficient (Wildman–Crippen LogP) is 4.04. The SMILES string of the molecule is C=CCc1c(OC)cc(OC)c(C(=O)/C=C/c2ccc(OC)cc2)c1O. The van der Waals surface area contributed by atoms with Gasteiger partial charge in [0.15, 0.2) is 5.78 Å². The van der Waals surface area contributed by atoms with Crippen molar-refractivity contribution < 1.29 is 24.1 Å². The van der Waals surface area contributed by atoms with Crippen LogP contribution in [-0.4, -0.2) is 32.2 Å². The van der Waals surface area contributed by atoms with Crippen LogP contribution in [0.1, 0.15) is 21.5 Å². The maximum Gasteiger partial charge on any atom is 0.193 e. The third-order valence-electron chi connectivity index (χ3n) is 3.91. The van der Waals surface area contributed by atoms with E-state index in [9.17, 15) is 9.90 Å². The lowest BCUT2D eigenvalue weighted by Crippen LogP contribution is -2.04. The molecule has 0 saturated carbocycles. The summed E-state index contributed by atoms with van der Waals surface area (Å²) in [6.07, 6.45) is 5.05. The Kier molecular flexibility index (Phi) is 6.44. The minimum absolute atomic E-state index is 0.0925. The molecule has 0 atom stereocenters. The lowest BCUT2D eigenvalue weighted by molar-refractivity contribution is 0.104. The number of methoxy groups -OCH3 is 3. The van der Waals surface area contributed by atoms with E-state index in [1.54, 1.807) is 37.5 Å². The molecule has 2 aromatic rings. The van der Waals surface area contributed by atoms with Crippen molar-refractivity contribution in [3.8, 4) is 23.0 Å². The van der Waals surface area contributed by atoms with Crippen molar-refractivity contribution in [2.45, 2.75) is 6.42 Å². The van der Waals surface area contributed by atoms with Crippen molar-refractivity contribution >= 4 is 11.9 Å². The maximum atomic E-state index is 12.7. The highest BCUT2D eigenvalue weighted by Crippen LogP contribution is 2.39. The van der Waals surface area contributed by atoms with E-state index >= 15 is 0 Å². The van der Waals surface area contributed by atoms with E-state index in [1.807, 2.05) is 12.1 Å². The maximum absolute atomic E-state index is 12.7. The molecule has 2 rings (SSSR count). The molecular weight excluding hydrogens is 332 g/mol. The number of ether oxygens (including phenoxy) is 3. The number of allylic oxidation sites excluding steroid dienone is 2. The summed E-state index contributed by atoms with van der Waals surface area (Å²) in [5.74, 6) is 0.886. The summed E-state index contributed by atoms with van der Waals surface area (Å²) in [5, 5.41) is 10.6. The Balaban J connectivity index is 2.41. The van der Waals surface area contributed by atoms with E-state index in [1.165, 1.54) is 20.3 Å². The molecule has 2 aromatic carbocycles. The fourth-order valence-corrected chi connectivity index (χ4v) is 2.56. The van der Waals surface area contributed by atoms with Crippen LogP contribution in [-0.2, 0) is 6.42 Å². The Morgan fingerprint density at radius 1 is 1.08 bits per heavy atom. The third kappa shape index (κ3) is 4.06. The first-order chi connectivity index (χ1) is 12.5. The van der Waals surface area contributed by atoms with E-state index < -0.39 is 0 Å². The highest BCUT2D eigenvalue weighted by molar-refractivity contribution is 6.11. The fraction of sp³-hybridized carbons (Fsp3) is 0.190. The standard InChI is InChI=1S/C21H22O5/c1-5-6-16-18(25-3)13-19(26-4)20(21(16)23)17(22)12-9-14-7-10-15(24-2)11-8-14/h5,7-13,23H,1,6H2,2-4H3/b12-9+. The van der Waals surface area contributed by atoms with Crippen LogP contribution in [0.4, 0.5) is 0 Å². The first-order valence-electron chi connectivity index (χ1n) is 7.99. The number of aromatic hydroxyl groups is 1. The lowest BCUT2D eigenvalue weighted by Gasteiger charge is -2.15. The number of ketones is 1. The Morgan fingerprint density at radius 3 is 2.27 bits per heavy atom. The first-order valence-corrected chi connectivity index (χ1v) is 7.99. The molecule has 0 radical (unpaired) electrons. The number of phenols is 1. The Bertz CT molecular complexity index is 819. The normalized spacial score (nSPS) is 10.6. The Morgan fingerprint density at radius 2 is 1.73 bits per heavy atom. The lowest BCUT2D eigenvalue weighted by atomic mass is 9.99. The van der Waals surface area contributed by atoms with Crippen LogP contribution in [0.25, 0.3) is 6.08 Å². The van der Waals surface area contributed by atoms with Crippen molar-refractivity contribution in [3.63, 3.8) is 0 Å². The highest BCUT2D eigenvalue weighted by Gasteiger charge is 2.22. The van der Waals surface area contributed by atoms with Crippen molar-refractivity contribution in [1.29, 1.82) is 0 Å². The van der Waals surface area contributed by atoms with Gasteiger partial charge in [0.05, 0.1) is 21.3 Å². The molecule has 5 heteroatoms. The van der Waals surface area contributed by atoms with Gasteiger partial charge in [0.1, 0.15) is 28.6 Å². The van der Waals surface area contributed by atoms with Crippen molar-refractivity contribution in [3.05, 3.63) is 65.8 Å². The molecule has 0 bridgehead atoms. The molecule has 0 fully saturated rings. The topological polar surface area (TPSA) is 65.0 Å². The fourth-order valence-electron chi connectivity index (χ4n) is 2.56. The number of carbonyl (C=O) groups excluding carboxylic acids is 1. The number of rotatable bonds is 8. The number of carbonyl (C=O) groups is 1. The van der Waals surface area contributed by atoms with Crippen LogP contribution in [0.5, 0.6) is 23.0 Å². The molecule has 26 heavy (non-hydrogen) atoms. The van der Waals surface area contributed by atoms with Gasteiger partial charge in [-0.3, -0.25) is 4.79 Å². The summed E-state index contributed by atoms with van der Waals surface area (Å²) in [5.41, 5.74) is 1.41. The largest absolute Gasteiger partial charge is 0.507 e. The van der Waals surface area contributed by atoms with Crippen molar-refractivity contribution in [1.82, 2.24) is 0 Å². The second-order valence-electron chi connectivity index (χ2n) is 5.45. The Labute approximate surface area is 153 Å². The van der Waals surface area contributed by atoms with Gasteiger partial charge >= 0.3 is 0 Å².